The van der Waals surface area contributed by atoms with Gasteiger partial charge in [0.15, 0.2) is 0 Å². The van der Waals surface area contributed by atoms with Crippen LogP contribution in [0.2, 0.25) is 0 Å². The van der Waals surface area contributed by atoms with Gasteiger partial charge >= 0.3 is 0 Å². The molecule has 0 aliphatic rings. The molecule has 0 amide bonds. The third-order valence-electron chi connectivity index (χ3n) is 4.05. The van der Waals surface area contributed by atoms with Crippen molar-refractivity contribution in [2.45, 2.75) is 0 Å². The first-order chi connectivity index (χ1) is 13.2. The predicted octanol–water partition coefficient (Wildman–Crippen LogP) is 2.75. The highest BCUT2D eigenvalue weighted by Crippen LogP contribution is 2.32. The van der Waals surface area contributed by atoms with Crippen LogP contribution in [0.5, 0.6) is 11.5 Å². The summed E-state index contributed by atoms with van der Waals surface area (Å²) in [5, 5.41) is 7.78. The number of rotatable bonds is 4. The first-order valence-electron chi connectivity index (χ1n) is 8.15. The quantitative estimate of drug-likeness (QED) is 0.592. The van der Waals surface area contributed by atoms with E-state index in [1.807, 2.05) is 48.5 Å². The molecule has 4 aromatic rings. The van der Waals surface area contributed by atoms with Crippen molar-refractivity contribution in [3.63, 3.8) is 0 Å². The molecule has 0 unspecified atom stereocenters. The molecule has 0 radical (unpaired) electrons. The van der Waals surface area contributed by atoms with Crippen LogP contribution in [0.3, 0.4) is 0 Å². The molecule has 0 saturated heterocycles. The average molecular weight is 360 g/mol. The van der Waals surface area contributed by atoms with E-state index in [-0.39, 0.29) is 5.95 Å². The molecule has 8 nitrogen and oxygen atoms in total. The highest BCUT2D eigenvalue weighted by molar-refractivity contribution is 5.83. The Hall–Kier alpha value is -3.81. The van der Waals surface area contributed by atoms with E-state index in [2.05, 4.69) is 25.1 Å². The highest BCUT2D eigenvalue weighted by Gasteiger charge is 2.15. The summed E-state index contributed by atoms with van der Waals surface area (Å²) in [7, 11) is 3.25. The molecule has 2 aromatic carbocycles. The maximum absolute atomic E-state index is 5.65. The van der Waals surface area contributed by atoms with Crippen LogP contribution in [-0.4, -0.2) is 39.4 Å². The van der Waals surface area contributed by atoms with Crippen molar-refractivity contribution in [1.29, 1.82) is 0 Å². The van der Waals surface area contributed by atoms with Crippen molar-refractivity contribution >= 4 is 17.2 Å². The molecular weight excluding hydrogens is 344 g/mol. The first kappa shape index (κ1) is 16.6. The minimum atomic E-state index is 0.0506. The van der Waals surface area contributed by atoms with E-state index in [0.717, 1.165) is 22.6 Å². The lowest BCUT2D eigenvalue weighted by molar-refractivity contribution is 0.414. The zero-order valence-corrected chi connectivity index (χ0v) is 14.7. The van der Waals surface area contributed by atoms with Crippen LogP contribution >= 0.6 is 0 Å². The molecule has 134 valence electrons. The number of fused-ring (bicyclic) bond motifs is 1. The molecule has 8 heteroatoms. The maximum atomic E-state index is 5.65. The summed E-state index contributed by atoms with van der Waals surface area (Å²) in [5.74, 6) is 1.56. The standard InChI is InChI=1S/C19H16N6O2/c1-26-13-7-3-11(4-8-13)15-16(12-5-9-14(27-2)10-6-12)22-18-17(21-15)23-19(20)25-24-18/h3-10H,1-2H3,(H2,20,21,23,25). The number of benzene rings is 2. The third-order valence-corrected chi connectivity index (χ3v) is 4.05. The molecule has 0 aliphatic carbocycles. The summed E-state index contributed by atoms with van der Waals surface area (Å²) in [6, 6.07) is 15.1. The smallest absolute Gasteiger partial charge is 0.242 e. The Labute approximate surface area is 155 Å². The molecular formula is C19H16N6O2. The molecule has 0 aliphatic heterocycles. The van der Waals surface area contributed by atoms with Crippen molar-refractivity contribution < 1.29 is 9.47 Å². The van der Waals surface area contributed by atoms with Crippen LogP contribution in [0.1, 0.15) is 0 Å². The van der Waals surface area contributed by atoms with E-state index in [1.165, 1.54) is 0 Å². The van der Waals surface area contributed by atoms with Crippen LogP contribution in [-0.2, 0) is 0 Å². The molecule has 2 N–H and O–H groups in total. The number of aromatic nitrogens is 5. The second kappa shape index (κ2) is 6.83. The van der Waals surface area contributed by atoms with Gasteiger partial charge in [0.05, 0.1) is 25.6 Å². The van der Waals surface area contributed by atoms with Crippen LogP contribution in [0, 0.1) is 0 Å². The van der Waals surface area contributed by atoms with Crippen molar-refractivity contribution in [3.05, 3.63) is 48.5 Å². The van der Waals surface area contributed by atoms with Gasteiger partial charge in [-0.3, -0.25) is 0 Å². The topological polar surface area (TPSA) is 109 Å². The fourth-order valence-electron chi connectivity index (χ4n) is 2.69. The van der Waals surface area contributed by atoms with Gasteiger partial charge in [-0.15, -0.1) is 10.2 Å². The van der Waals surface area contributed by atoms with Crippen molar-refractivity contribution in [2.24, 2.45) is 0 Å². The van der Waals surface area contributed by atoms with E-state index < -0.39 is 0 Å². The first-order valence-corrected chi connectivity index (χ1v) is 8.15. The van der Waals surface area contributed by atoms with Crippen LogP contribution in [0.15, 0.2) is 48.5 Å². The van der Waals surface area contributed by atoms with Crippen molar-refractivity contribution in [3.8, 4) is 34.0 Å². The normalized spacial score (nSPS) is 10.7. The second-order valence-electron chi connectivity index (χ2n) is 5.70. The second-order valence-corrected chi connectivity index (χ2v) is 5.70. The van der Waals surface area contributed by atoms with Crippen LogP contribution in [0.4, 0.5) is 5.95 Å². The summed E-state index contributed by atoms with van der Waals surface area (Å²) in [6.45, 7) is 0. The van der Waals surface area contributed by atoms with Gasteiger partial charge < -0.3 is 15.2 Å². The van der Waals surface area contributed by atoms with E-state index in [4.69, 9.17) is 15.2 Å². The minimum absolute atomic E-state index is 0.0506. The van der Waals surface area contributed by atoms with Crippen molar-refractivity contribution in [1.82, 2.24) is 25.1 Å². The summed E-state index contributed by atoms with van der Waals surface area (Å²) < 4.78 is 10.5. The van der Waals surface area contributed by atoms with Gasteiger partial charge in [0.1, 0.15) is 11.5 Å². The Morgan fingerprint density at radius 1 is 0.630 bits per heavy atom. The summed E-state index contributed by atoms with van der Waals surface area (Å²) in [6.07, 6.45) is 0. The van der Waals surface area contributed by atoms with Crippen LogP contribution in [0.25, 0.3) is 33.8 Å². The summed E-state index contributed by atoms with van der Waals surface area (Å²) in [5.41, 5.74) is 9.38. The number of methoxy groups -OCH3 is 2. The molecule has 0 spiro atoms. The van der Waals surface area contributed by atoms with Gasteiger partial charge in [-0.1, -0.05) is 0 Å². The lowest BCUT2D eigenvalue weighted by atomic mass is 10.0. The molecule has 2 aromatic heterocycles. The lowest BCUT2D eigenvalue weighted by Gasteiger charge is -2.10. The predicted molar refractivity (Wildman–Crippen MR) is 101 cm³/mol. The number of nitrogens with zero attached hydrogens (tertiary/aromatic N) is 5. The number of nitrogens with two attached hydrogens (primary N) is 1. The number of anilines is 1. The minimum Gasteiger partial charge on any atom is -0.497 e. The number of hydrogen-bond acceptors (Lipinski definition) is 8. The molecule has 2 heterocycles. The van der Waals surface area contributed by atoms with E-state index in [9.17, 15) is 0 Å². The maximum Gasteiger partial charge on any atom is 0.242 e. The van der Waals surface area contributed by atoms with E-state index in [0.29, 0.717) is 22.7 Å². The van der Waals surface area contributed by atoms with Gasteiger partial charge in [-0.2, -0.15) is 4.98 Å². The molecule has 0 fully saturated rings. The van der Waals surface area contributed by atoms with Gasteiger partial charge in [0.25, 0.3) is 0 Å². The molecule has 4 rings (SSSR count). The highest BCUT2D eigenvalue weighted by atomic mass is 16.5. The summed E-state index contributed by atoms with van der Waals surface area (Å²) in [4.78, 5) is 13.4. The average Bonchev–Trinajstić information content (AvgIpc) is 2.73. The van der Waals surface area contributed by atoms with Gasteiger partial charge in [0, 0.05) is 11.1 Å². The number of ether oxygens (including phenoxy) is 2. The third kappa shape index (κ3) is 3.20. The Balaban J connectivity index is 1.94. The Bertz CT molecular complexity index is 1100. The molecule has 0 saturated carbocycles. The molecule has 0 bridgehead atoms. The Kier molecular flexibility index (Phi) is 4.21. The van der Waals surface area contributed by atoms with Crippen molar-refractivity contribution in [2.75, 3.05) is 20.0 Å². The lowest BCUT2D eigenvalue weighted by Crippen LogP contribution is -2.03. The SMILES string of the molecule is COc1ccc(-c2nc3nnc(N)nc3nc2-c2ccc(OC)cc2)cc1. The molecule has 0 atom stereocenters. The zero-order valence-electron chi connectivity index (χ0n) is 14.7. The van der Waals surface area contributed by atoms with Gasteiger partial charge in [-0.05, 0) is 48.5 Å². The monoisotopic (exact) mass is 360 g/mol. The number of nitrogen functional groups attached to an aromatic ring is 1. The fraction of sp³-hybridized carbons (Fsp3) is 0.105. The Morgan fingerprint density at radius 2 is 1.11 bits per heavy atom. The van der Waals surface area contributed by atoms with E-state index in [1.54, 1.807) is 14.2 Å². The number of hydrogen-bond donors (Lipinski definition) is 1. The van der Waals surface area contributed by atoms with E-state index >= 15 is 0 Å². The van der Waals surface area contributed by atoms with Gasteiger partial charge in [0.2, 0.25) is 17.2 Å². The largest absolute Gasteiger partial charge is 0.497 e. The van der Waals surface area contributed by atoms with Gasteiger partial charge in [-0.25, -0.2) is 9.97 Å². The fourth-order valence-corrected chi connectivity index (χ4v) is 2.69. The molecule has 27 heavy (non-hydrogen) atoms. The van der Waals surface area contributed by atoms with Crippen LogP contribution < -0.4 is 15.2 Å². The summed E-state index contributed by atoms with van der Waals surface area (Å²) >= 11 is 0. The Morgan fingerprint density at radius 3 is 1.59 bits per heavy atom. The zero-order chi connectivity index (χ0) is 18.8.